The molecule has 122 valence electrons. The molecule has 0 spiro atoms. The van der Waals surface area contributed by atoms with Crippen molar-refractivity contribution in [2.24, 2.45) is 0 Å². The molecule has 1 N–H and O–H groups in total. The molecule has 0 aromatic heterocycles. The van der Waals surface area contributed by atoms with Gasteiger partial charge in [-0.3, -0.25) is 0 Å². The van der Waals surface area contributed by atoms with Gasteiger partial charge in [0, 0.05) is 18.0 Å². The van der Waals surface area contributed by atoms with Crippen LogP contribution in [0, 0.1) is 0 Å². The van der Waals surface area contributed by atoms with Gasteiger partial charge in [-0.05, 0) is 13.0 Å². The van der Waals surface area contributed by atoms with Crippen LogP contribution in [0.2, 0.25) is 0 Å². The van der Waals surface area contributed by atoms with Crippen LogP contribution < -0.4 is 10.1 Å². The minimum atomic E-state index is -0.626. The molecule has 0 bridgehead atoms. The molecule has 0 amide bonds. The highest BCUT2D eigenvalue weighted by Gasteiger charge is 2.35. The first-order valence-corrected chi connectivity index (χ1v) is 7.18. The number of methoxy groups -OCH3 is 2. The van der Waals surface area contributed by atoms with Crippen molar-refractivity contribution in [3.05, 3.63) is 53.4 Å². The lowest BCUT2D eigenvalue weighted by atomic mass is 9.83. The molecule has 1 aromatic rings. The van der Waals surface area contributed by atoms with E-state index < -0.39 is 17.9 Å². The Morgan fingerprint density at radius 2 is 1.61 bits per heavy atom. The molecule has 0 saturated heterocycles. The summed E-state index contributed by atoms with van der Waals surface area (Å²) in [7, 11) is 2.59. The van der Waals surface area contributed by atoms with E-state index in [9.17, 15) is 9.59 Å². The van der Waals surface area contributed by atoms with Crippen molar-refractivity contribution in [3.63, 3.8) is 0 Å². The number of carbonyl (C=O) groups is 2. The first kappa shape index (κ1) is 16.6. The van der Waals surface area contributed by atoms with Crippen molar-refractivity contribution >= 4 is 11.9 Å². The fourth-order valence-corrected chi connectivity index (χ4v) is 2.49. The third kappa shape index (κ3) is 3.36. The van der Waals surface area contributed by atoms with Gasteiger partial charge in [0.25, 0.3) is 0 Å². The van der Waals surface area contributed by atoms with Crippen molar-refractivity contribution in [2.75, 3.05) is 20.8 Å². The van der Waals surface area contributed by atoms with Crippen LogP contribution in [-0.4, -0.2) is 32.8 Å². The third-order valence-corrected chi connectivity index (χ3v) is 3.47. The monoisotopic (exact) mass is 317 g/mol. The summed E-state index contributed by atoms with van der Waals surface area (Å²) in [6.45, 7) is 2.34. The summed E-state index contributed by atoms with van der Waals surface area (Å²) in [5.74, 6) is -1.07. The SMILES string of the molecule is CCOc1ccccc1C1C(C(=O)OC)=CNC=C1C(=O)OC. The standard InChI is InChI=1S/C17H19NO5/c1-4-23-14-8-6-5-7-11(14)15-12(16(19)21-2)9-18-10-13(15)17(20)22-3/h5-10,15,18H,4H2,1-3H3. The number of hydrogen-bond acceptors (Lipinski definition) is 6. The van der Waals surface area contributed by atoms with Gasteiger partial charge in [0.15, 0.2) is 0 Å². The minimum absolute atomic E-state index is 0.308. The van der Waals surface area contributed by atoms with Crippen LogP contribution in [0.3, 0.4) is 0 Å². The number of esters is 2. The van der Waals surface area contributed by atoms with Crippen LogP contribution in [0.5, 0.6) is 5.75 Å². The van der Waals surface area contributed by atoms with E-state index in [4.69, 9.17) is 14.2 Å². The summed E-state index contributed by atoms with van der Waals surface area (Å²) in [5, 5.41) is 2.80. The van der Waals surface area contributed by atoms with Gasteiger partial charge in [-0.2, -0.15) is 0 Å². The van der Waals surface area contributed by atoms with Crippen LogP contribution >= 0.6 is 0 Å². The maximum absolute atomic E-state index is 12.1. The molecule has 23 heavy (non-hydrogen) atoms. The number of carbonyl (C=O) groups excluding carboxylic acids is 2. The van der Waals surface area contributed by atoms with Crippen LogP contribution in [0.1, 0.15) is 18.4 Å². The molecular formula is C17H19NO5. The fourth-order valence-electron chi connectivity index (χ4n) is 2.49. The highest BCUT2D eigenvalue weighted by molar-refractivity contribution is 5.98. The van der Waals surface area contributed by atoms with E-state index in [1.165, 1.54) is 26.6 Å². The van der Waals surface area contributed by atoms with E-state index >= 15 is 0 Å². The molecule has 2 rings (SSSR count). The summed E-state index contributed by atoms with van der Waals surface area (Å²) in [5.41, 5.74) is 1.31. The fraction of sp³-hybridized carbons (Fsp3) is 0.294. The van der Waals surface area contributed by atoms with Gasteiger partial charge in [-0.25, -0.2) is 9.59 Å². The molecule has 1 aliphatic rings. The quantitative estimate of drug-likeness (QED) is 0.836. The normalized spacial score (nSPS) is 14.2. The van der Waals surface area contributed by atoms with Gasteiger partial charge in [0.1, 0.15) is 5.75 Å². The molecule has 0 atom stereocenters. The summed E-state index contributed by atoms with van der Waals surface area (Å²) < 4.78 is 15.3. The van der Waals surface area contributed by atoms with Gasteiger partial charge in [-0.1, -0.05) is 18.2 Å². The molecule has 0 saturated carbocycles. The average molecular weight is 317 g/mol. The van der Waals surface area contributed by atoms with Crippen molar-refractivity contribution in [1.29, 1.82) is 0 Å². The smallest absolute Gasteiger partial charge is 0.336 e. The Balaban J connectivity index is 2.56. The number of dihydropyridines is 1. The summed E-state index contributed by atoms with van der Waals surface area (Å²) in [4.78, 5) is 24.3. The second-order valence-electron chi connectivity index (χ2n) is 4.75. The summed E-state index contributed by atoms with van der Waals surface area (Å²) in [6.07, 6.45) is 3.04. The molecule has 0 fully saturated rings. The van der Waals surface area contributed by atoms with E-state index in [1.807, 2.05) is 25.1 Å². The maximum Gasteiger partial charge on any atom is 0.336 e. The lowest BCUT2D eigenvalue weighted by molar-refractivity contribution is -0.137. The molecule has 1 heterocycles. The van der Waals surface area contributed by atoms with E-state index in [-0.39, 0.29) is 0 Å². The molecule has 0 aliphatic carbocycles. The summed E-state index contributed by atoms with van der Waals surface area (Å²) in [6, 6.07) is 7.27. The molecule has 1 aliphatic heterocycles. The van der Waals surface area contributed by atoms with Gasteiger partial charge >= 0.3 is 11.9 Å². The van der Waals surface area contributed by atoms with Gasteiger partial charge < -0.3 is 19.5 Å². The number of benzene rings is 1. The molecule has 0 radical (unpaired) electrons. The molecule has 0 unspecified atom stereocenters. The van der Waals surface area contributed by atoms with Gasteiger partial charge in [-0.15, -0.1) is 0 Å². The minimum Gasteiger partial charge on any atom is -0.494 e. The van der Waals surface area contributed by atoms with E-state index in [0.29, 0.717) is 29.1 Å². The second kappa shape index (κ2) is 7.49. The van der Waals surface area contributed by atoms with Crippen LogP contribution in [0.15, 0.2) is 47.8 Å². The number of nitrogens with one attached hydrogen (secondary N) is 1. The van der Waals surface area contributed by atoms with Gasteiger partial charge in [0.05, 0.1) is 37.9 Å². The lowest BCUT2D eigenvalue weighted by Crippen LogP contribution is -2.26. The first-order chi connectivity index (χ1) is 11.1. The van der Waals surface area contributed by atoms with Crippen molar-refractivity contribution < 1.29 is 23.8 Å². The Morgan fingerprint density at radius 1 is 1.04 bits per heavy atom. The highest BCUT2D eigenvalue weighted by Crippen LogP contribution is 2.39. The lowest BCUT2D eigenvalue weighted by Gasteiger charge is -2.26. The van der Waals surface area contributed by atoms with Crippen molar-refractivity contribution in [2.45, 2.75) is 12.8 Å². The number of ether oxygens (including phenoxy) is 3. The Bertz CT molecular complexity index is 631. The maximum atomic E-state index is 12.1. The van der Waals surface area contributed by atoms with Crippen molar-refractivity contribution in [3.8, 4) is 5.75 Å². The Morgan fingerprint density at radius 3 is 2.13 bits per heavy atom. The Hall–Kier alpha value is -2.76. The molecular weight excluding hydrogens is 298 g/mol. The Kier molecular flexibility index (Phi) is 5.41. The molecule has 6 heteroatoms. The zero-order valence-electron chi connectivity index (χ0n) is 13.3. The number of para-hydroxylation sites is 1. The highest BCUT2D eigenvalue weighted by atomic mass is 16.5. The number of rotatable bonds is 5. The van der Waals surface area contributed by atoms with Crippen molar-refractivity contribution in [1.82, 2.24) is 5.32 Å². The summed E-state index contributed by atoms with van der Waals surface area (Å²) >= 11 is 0. The Labute approximate surface area is 134 Å². The average Bonchev–Trinajstić information content (AvgIpc) is 2.60. The second-order valence-corrected chi connectivity index (χ2v) is 4.75. The molecule has 6 nitrogen and oxygen atoms in total. The third-order valence-electron chi connectivity index (χ3n) is 3.47. The number of hydrogen-bond donors (Lipinski definition) is 1. The zero-order valence-corrected chi connectivity index (χ0v) is 13.3. The zero-order chi connectivity index (χ0) is 16.8. The van der Waals surface area contributed by atoms with Crippen LogP contribution in [-0.2, 0) is 19.1 Å². The molecule has 1 aromatic carbocycles. The van der Waals surface area contributed by atoms with Gasteiger partial charge in [0.2, 0.25) is 0 Å². The van der Waals surface area contributed by atoms with E-state index in [1.54, 1.807) is 6.07 Å². The topological polar surface area (TPSA) is 73.9 Å². The predicted molar refractivity (Wildman–Crippen MR) is 83.7 cm³/mol. The van der Waals surface area contributed by atoms with E-state index in [0.717, 1.165) is 0 Å². The first-order valence-electron chi connectivity index (χ1n) is 7.18. The largest absolute Gasteiger partial charge is 0.494 e. The van der Waals surface area contributed by atoms with E-state index in [2.05, 4.69) is 5.32 Å². The predicted octanol–water partition coefficient (Wildman–Crippen LogP) is 1.89. The van der Waals surface area contributed by atoms with Crippen LogP contribution in [0.25, 0.3) is 0 Å². The van der Waals surface area contributed by atoms with Crippen LogP contribution in [0.4, 0.5) is 0 Å².